The van der Waals surface area contributed by atoms with E-state index in [1.807, 2.05) is 42.2 Å². The number of nitrogens with two attached hydrogens (primary N) is 1. The normalized spacial score (nSPS) is 20.2. The first-order valence-electron chi connectivity index (χ1n) is 7.37. The molecule has 0 aromatic heterocycles. The van der Waals surface area contributed by atoms with E-state index in [0.29, 0.717) is 0 Å². The molecule has 1 fully saturated rings. The zero-order valence-electron chi connectivity index (χ0n) is 12.5. The summed E-state index contributed by atoms with van der Waals surface area (Å²) in [4.78, 5) is 16.8. The van der Waals surface area contributed by atoms with Crippen molar-refractivity contribution in [1.29, 1.82) is 0 Å². The monoisotopic (exact) mass is 275 g/mol. The van der Waals surface area contributed by atoms with Gasteiger partial charge in [-0.2, -0.15) is 0 Å². The molecule has 1 aliphatic rings. The summed E-state index contributed by atoms with van der Waals surface area (Å²) in [7, 11) is 2.10. The third kappa shape index (κ3) is 3.58. The number of likely N-dealkylation sites (N-methyl/N-ethyl adjacent to an activating group) is 1. The highest BCUT2D eigenvalue weighted by atomic mass is 16.2. The molecule has 20 heavy (non-hydrogen) atoms. The minimum atomic E-state index is -0.232. The fraction of sp³-hybridized carbons (Fsp3) is 0.562. The molecule has 0 bridgehead atoms. The summed E-state index contributed by atoms with van der Waals surface area (Å²) in [6.07, 6.45) is 1.04. The molecule has 2 atom stereocenters. The Morgan fingerprint density at radius 3 is 2.55 bits per heavy atom. The Balaban J connectivity index is 2.01. The standard InChI is InChI=1S/C16H25N3O/c1-13(15(17)14-7-4-3-5-8-14)16(20)19-10-6-9-18(2)11-12-19/h3-5,7-8,13,15H,6,9-12,17H2,1-2H3. The van der Waals surface area contributed by atoms with Crippen molar-refractivity contribution < 1.29 is 4.79 Å². The van der Waals surface area contributed by atoms with Crippen LogP contribution in [-0.4, -0.2) is 48.9 Å². The van der Waals surface area contributed by atoms with Crippen LogP contribution in [0.2, 0.25) is 0 Å². The van der Waals surface area contributed by atoms with E-state index in [1.54, 1.807) is 0 Å². The van der Waals surface area contributed by atoms with Crippen LogP contribution in [0.25, 0.3) is 0 Å². The molecular weight excluding hydrogens is 250 g/mol. The molecule has 1 amide bonds. The molecule has 1 aromatic carbocycles. The lowest BCUT2D eigenvalue weighted by Crippen LogP contribution is -2.41. The van der Waals surface area contributed by atoms with Crippen LogP contribution in [0.3, 0.4) is 0 Å². The Kier molecular flexibility index (Phi) is 5.15. The summed E-state index contributed by atoms with van der Waals surface area (Å²) in [6, 6.07) is 9.65. The maximum Gasteiger partial charge on any atom is 0.227 e. The predicted octanol–water partition coefficient (Wildman–Crippen LogP) is 1.49. The molecule has 0 aliphatic carbocycles. The van der Waals surface area contributed by atoms with Gasteiger partial charge in [-0.05, 0) is 25.6 Å². The third-order valence-corrected chi connectivity index (χ3v) is 4.14. The van der Waals surface area contributed by atoms with Crippen LogP contribution in [0.15, 0.2) is 30.3 Å². The van der Waals surface area contributed by atoms with Gasteiger partial charge in [-0.25, -0.2) is 0 Å². The van der Waals surface area contributed by atoms with Crippen molar-refractivity contribution in [2.75, 3.05) is 33.2 Å². The first kappa shape index (κ1) is 15.0. The van der Waals surface area contributed by atoms with E-state index in [4.69, 9.17) is 5.73 Å². The Morgan fingerprint density at radius 1 is 1.15 bits per heavy atom. The van der Waals surface area contributed by atoms with Gasteiger partial charge in [-0.15, -0.1) is 0 Å². The van der Waals surface area contributed by atoms with Crippen LogP contribution in [-0.2, 0) is 4.79 Å². The highest BCUT2D eigenvalue weighted by Crippen LogP contribution is 2.21. The fourth-order valence-electron chi connectivity index (χ4n) is 2.67. The van der Waals surface area contributed by atoms with Crippen molar-refractivity contribution in [1.82, 2.24) is 9.80 Å². The van der Waals surface area contributed by atoms with Gasteiger partial charge in [0.15, 0.2) is 0 Å². The minimum Gasteiger partial charge on any atom is -0.341 e. The second-order valence-electron chi connectivity index (χ2n) is 5.71. The van der Waals surface area contributed by atoms with Crippen molar-refractivity contribution in [2.45, 2.75) is 19.4 Å². The third-order valence-electron chi connectivity index (χ3n) is 4.14. The van der Waals surface area contributed by atoms with Crippen molar-refractivity contribution in [2.24, 2.45) is 11.7 Å². The zero-order valence-corrected chi connectivity index (χ0v) is 12.5. The van der Waals surface area contributed by atoms with Gasteiger partial charge in [0, 0.05) is 25.7 Å². The van der Waals surface area contributed by atoms with Crippen molar-refractivity contribution in [3.8, 4) is 0 Å². The van der Waals surface area contributed by atoms with E-state index in [2.05, 4.69) is 11.9 Å². The summed E-state index contributed by atoms with van der Waals surface area (Å²) >= 11 is 0. The van der Waals surface area contributed by atoms with Crippen molar-refractivity contribution >= 4 is 5.91 Å². The van der Waals surface area contributed by atoms with Gasteiger partial charge in [-0.1, -0.05) is 37.3 Å². The van der Waals surface area contributed by atoms with E-state index in [-0.39, 0.29) is 17.9 Å². The summed E-state index contributed by atoms with van der Waals surface area (Å²) in [5, 5.41) is 0. The van der Waals surface area contributed by atoms with E-state index in [9.17, 15) is 4.79 Å². The molecule has 110 valence electrons. The molecule has 4 nitrogen and oxygen atoms in total. The van der Waals surface area contributed by atoms with Gasteiger partial charge in [0.1, 0.15) is 0 Å². The lowest BCUT2D eigenvalue weighted by atomic mass is 9.94. The maximum absolute atomic E-state index is 12.6. The predicted molar refractivity (Wildman–Crippen MR) is 81.2 cm³/mol. The number of hydrogen-bond acceptors (Lipinski definition) is 3. The molecule has 1 heterocycles. The van der Waals surface area contributed by atoms with Gasteiger partial charge >= 0.3 is 0 Å². The lowest BCUT2D eigenvalue weighted by Gasteiger charge is -2.27. The SMILES string of the molecule is CC(C(=O)N1CCCN(C)CC1)C(N)c1ccccc1. The number of carbonyl (C=O) groups excluding carboxylic acids is 1. The Bertz CT molecular complexity index is 435. The lowest BCUT2D eigenvalue weighted by molar-refractivity contribution is -0.135. The molecule has 0 radical (unpaired) electrons. The molecule has 1 aromatic rings. The van der Waals surface area contributed by atoms with Crippen LogP contribution in [0, 0.1) is 5.92 Å². The molecule has 0 spiro atoms. The highest BCUT2D eigenvalue weighted by molar-refractivity contribution is 5.79. The van der Waals surface area contributed by atoms with Gasteiger partial charge < -0.3 is 15.5 Å². The zero-order chi connectivity index (χ0) is 14.5. The average molecular weight is 275 g/mol. The highest BCUT2D eigenvalue weighted by Gasteiger charge is 2.27. The summed E-state index contributed by atoms with van der Waals surface area (Å²) in [5.74, 6) is -0.00235. The molecule has 2 unspecified atom stereocenters. The summed E-state index contributed by atoms with van der Waals surface area (Å²) in [6.45, 7) is 5.59. The Morgan fingerprint density at radius 2 is 1.85 bits per heavy atom. The Labute approximate surface area is 121 Å². The Hall–Kier alpha value is -1.39. The quantitative estimate of drug-likeness (QED) is 0.909. The van der Waals surface area contributed by atoms with E-state index >= 15 is 0 Å². The van der Waals surface area contributed by atoms with Gasteiger partial charge in [-0.3, -0.25) is 4.79 Å². The van der Waals surface area contributed by atoms with Gasteiger partial charge in [0.25, 0.3) is 0 Å². The molecule has 1 aliphatic heterocycles. The van der Waals surface area contributed by atoms with Crippen LogP contribution in [0.5, 0.6) is 0 Å². The topological polar surface area (TPSA) is 49.6 Å². The molecule has 2 N–H and O–H groups in total. The number of carbonyl (C=O) groups is 1. The van der Waals surface area contributed by atoms with Crippen LogP contribution < -0.4 is 5.73 Å². The number of rotatable bonds is 3. The van der Waals surface area contributed by atoms with Crippen molar-refractivity contribution in [3.05, 3.63) is 35.9 Å². The number of nitrogens with zero attached hydrogens (tertiary/aromatic N) is 2. The largest absolute Gasteiger partial charge is 0.341 e. The minimum absolute atomic E-state index is 0.177. The van der Waals surface area contributed by atoms with E-state index < -0.39 is 0 Å². The van der Waals surface area contributed by atoms with Gasteiger partial charge in [0.2, 0.25) is 5.91 Å². The molecule has 1 saturated heterocycles. The maximum atomic E-state index is 12.6. The fourth-order valence-corrected chi connectivity index (χ4v) is 2.67. The molecular formula is C16H25N3O. The number of amides is 1. The van der Waals surface area contributed by atoms with E-state index in [1.165, 1.54) is 0 Å². The van der Waals surface area contributed by atoms with Gasteiger partial charge in [0.05, 0.1) is 5.92 Å². The molecule has 0 saturated carbocycles. The first-order chi connectivity index (χ1) is 9.59. The van der Waals surface area contributed by atoms with Crippen LogP contribution in [0.4, 0.5) is 0 Å². The molecule has 2 rings (SSSR count). The number of benzene rings is 1. The second kappa shape index (κ2) is 6.86. The first-order valence-corrected chi connectivity index (χ1v) is 7.37. The average Bonchev–Trinajstić information content (AvgIpc) is 2.70. The van der Waals surface area contributed by atoms with Crippen molar-refractivity contribution in [3.63, 3.8) is 0 Å². The summed E-state index contributed by atoms with van der Waals surface area (Å²) < 4.78 is 0. The smallest absolute Gasteiger partial charge is 0.227 e. The van der Waals surface area contributed by atoms with E-state index in [0.717, 1.165) is 38.2 Å². The summed E-state index contributed by atoms with van der Waals surface area (Å²) in [5.41, 5.74) is 7.28. The van der Waals surface area contributed by atoms with Crippen LogP contribution in [0.1, 0.15) is 24.9 Å². The van der Waals surface area contributed by atoms with Crippen LogP contribution >= 0.6 is 0 Å². The number of hydrogen-bond donors (Lipinski definition) is 1. The molecule has 4 heteroatoms. The second-order valence-corrected chi connectivity index (χ2v) is 5.71.